The van der Waals surface area contributed by atoms with Crippen LogP contribution in [0.3, 0.4) is 0 Å². The fourth-order valence-corrected chi connectivity index (χ4v) is 4.70. The number of anilines is 1. The minimum atomic E-state index is -1.12. The van der Waals surface area contributed by atoms with Crippen LogP contribution in [0.4, 0.5) is 10.5 Å². The van der Waals surface area contributed by atoms with Crippen LogP contribution in [0.25, 0.3) is 0 Å². The van der Waals surface area contributed by atoms with E-state index in [0.29, 0.717) is 39.0 Å². The molecular weight excluding hydrogens is 420 g/mol. The average molecular weight is 451 g/mol. The van der Waals surface area contributed by atoms with E-state index in [2.05, 4.69) is 10.2 Å². The highest BCUT2D eigenvalue weighted by Gasteiger charge is 2.52. The summed E-state index contributed by atoms with van der Waals surface area (Å²) >= 11 is 0. The van der Waals surface area contributed by atoms with Gasteiger partial charge in [0.2, 0.25) is 5.91 Å². The molecule has 174 valence electrons. The van der Waals surface area contributed by atoms with Crippen molar-refractivity contribution in [3.8, 4) is 5.75 Å². The maximum atomic E-state index is 13.4. The van der Waals surface area contributed by atoms with Crippen molar-refractivity contribution in [3.63, 3.8) is 0 Å². The fourth-order valence-electron chi connectivity index (χ4n) is 4.70. The lowest BCUT2D eigenvalue weighted by Crippen LogP contribution is -2.52. The lowest BCUT2D eigenvalue weighted by atomic mass is 9.85. The molecule has 2 saturated heterocycles. The Morgan fingerprint density at radius 3 is 2.33 bits per heavy atom. The van der Waals surface area contributed by atoms with Crippen molar-refractivity contribution in [3.05, 3.63) is 60.2 Å². The predicted octanol–water partition coefficient (Wildman–Crippen LogP) is 2.59. The lowest BCUT2D eigenvalue weighted by molar-refractivity contribution is -0.139. The maximum Gasteiger partial charge on any atom is 0.325 e. The Hall–Kier alpha value is -3.55. The number of hydrogen-bond acceptors (Lipinski definition) is 5. The van der Waals surface area contributed by atoms with Gasteiger partial charge in [0.05, 0.1) is 12.8 Å². The average Bonchev–Trinajstić information content (AvgIpc) is 3.09. The van der Waals surface area contributed by atoms with Gasteiger partial charge in [0.1, 0.15) is 17.8 Å². The molecular formula is C25H30N4O4. The number of ether oxygens (including phenoxy) is 1. The second kappa shape index (κ2) is 9.52. The first-order valence-electron chi connectivity index (χ1n) is 11.4. The molecule has 0 unspecified atom stereocenters. The third-order valence-electron chi connectivity index (χ3n) is 6.42. The first-order valence-corrected chi connectivity index (χ1v) is 11.4. The fraction of sp³-hybridized carbons (Fsp3) is 0.400. The van der Waals surface area contributed by atoms with Gasteiger partial charge in [-0.3, -0.25) is 14.5 Å². The molecule has 8 nitrogen and oxygen atoms in total. The number of para-hydroxylation sites is 2. The van der Waals surface area contributed by atoms with Crippen molar-refractivity contribution >= 4 is 23.5 Å². The Bertz CT molecular complexity index is 1020. The van der Waals surface area contributed by atoms with Crippen LogP contribution in [0.5, 0.6) is 5.75 Å². The Labute approximate surface area is 194 Å². The molecule has 2 fully saturated rings. The molecule has 1 N–H and O–H groups in total. The molecule has 0 aliphatic carbocycles. The summed E-state index contributed by atoms with van der Waals surface area (Å²) in [6.45, 7) is 4.04. The summed E-state index contributed by atoms with van der Waals surface area (Å²) in [7, 11) is 1.64. The van der Waals surface area contributed by atoms with Crippen LogP contribution in [0.2, 0.25) is 0 Å². The van der Waals surface area contributed by atoms with Crippen LogP contribution in [0.15, 0.2) is 54.6 Å². The molecule has 0 bridgehead atoms. The van der Waals surface area contributed by atoms with E-state index in [1.807, 2.05) is 61.5 Å². The Morgan fingerprint density at radius 2 is 1.67 bits per heavy atom. The minimum Gasteiger partial charge on any atom is -0.495 e. The monoisotopic (exact) mass is 450 g/mol. The van der Waals surface area contributed by atoms with E-state index in [-0.39, 0.29) is 18.4 Å². The summed E-state index contributed by atoms with van der Waals surface area (Å²) in [6.07, 6.45) is 1.19. The van der Waals surface area contributed by atoms with Crippen LogP contribution in [-0.2, 0) is 15.1 Å². The van der Waals surface area contributed by atoms with Crippen molar-refractivity contribution in [1.82, 2.24) is 15.1 Å². The molecule has 0 saturated carbocycles. The van der Waals surface area contributed by atoms with Gasteiger partial charge in [0, 0.05) is 26.2 Å². The number of hydrogen-bond donors (Lipinski definition) is 1. The number of rotatable bonds is 7. The number of carbonyl (C=O) groups excluding carboxylic acids is 3. The van der Waals surface area contributed by atoms with Gasteiger partial charge in [0.25, 0.3) is 5.91 Å². The van der Waals surface area contributed by atoms with Crippen LogP contribution in [0.1, 0.15) is 25.3 Å². The topological polar surface area (TPSA) is 82.2 Å². The first-order chi connectivity index (χ1) is 16.0. The third-order valence-corrected chi connectivity index (χ3v) is 6.42. The lowest BCUT2D eigenvalue weighted by Gasteiger charge is -2.37. The van der Waals surface area contributed by atoms with E-state index in [9.17, 15) is 14.4 Å². The molecule has 2 aromatic rings. The normalized spacial score (nSPS) is 20.7. The van der Waals surface area contributed by atoms with E-state index >= 15 is 0 Å². The molecule has 4 rings (SSSR count). The molecule has 2 aliphatic heterocycles. The highest BCUT2D eigenvalue weighted by molar-refractivity contribution is 6.09. The second-order valence-electron chi connectivity index (χ2n) is 8.38. The summed E-state index contributed by atoms with van der Waals surface area (Å²) in [6, 6.07) is 16.5. The van der Waals surface area contributed by atoms with Gasteiger partial charge in [-0.15, -0.1) is 0 Å². The van der Waals surface area contributed by atoms with Crippen LogP contribution < -0.4 is 15.0 Å². The molecule has 0 aromatic heterocycles. The summed E-state index contributed by atoms with van der Waals surface area (Å²) in [5.41, 5.74) is 0.620. The summed E-state index contributed by atoms with van der Waals surface area (Å²) in [5.74, 6) is 0.213. The molecule has 0 spiro atoms. The van der Waals surface area contributed by atoms with Crippen molar-refractivity contribution < 1.29 is 19.1 Å². The SMILES string of the molecule is CCC[C@]1(c2ccccc2)NC(=O)N(CC(=O)N2CCN(c3ccccc3OC)CC2)C1=O. The zero-order chi connectivity index (χ0) is 23.4. The Morgan fingerprint density at radius 1 is 1.00 bits per heavy atom. The quantitative estimate of drug-likeness (QED) is 0.656. The zero-order valence-corrected chi connectivity index (χ0v) is 19.1. The number of benzene rings is 2. The standard InChI is InChI=1S/C25H30N4O4/c1-3-13-25(19-9-5-4-6-10-19)23(31)29(24(32)26-25)18-22(30)28-16-14-27(15-17-28)20-11-7-8-12-21(20)33-2/h4-12H,3,13-18H2,1-2H3,(H,26,32)/t25-/m1/s1. The van der Waals surface area contributed by atoms with Gasteiger partial charge in [0.15, 0.2) is 0 Å². The molecule has 4 amide bonds. The molecule has 0 radical (unpaired) electrons. The van der Waals surface area contributed by atoms with E-state index in [4.69, 9.17) is 4.74 Å². The number of nitrogens with zero attached hydrogens (tertiary/aromatic N) is 3. The van der Waals surface area contributed by atoms with E-state index < -0.39 is 11.6 Å². The number of amides is 4. The smallest absolute Gasteiger partial charge is 0.325 e. The predicted molar refractivity (Wildman–Crippen MR) is 125 cm³/mol. The van der Waals surface area contributed by atoms with Gasteiger partial charge in [-0.05, 0) is 24.1 Å². The van der Waals surface area contributed by atoms with Crippen LogP contribution in [-0.4, -0.2) is 67.5 Å². The maximum absolute atomic E-state index is 13.4. The number of imide groups is 1. The zero-order valence-electron chi connectivity index (χ0n) is 19.1. The minimum absolute atomic E-state index is 0.224. The number of piperazine rings is 1. The summed E-state index contributed by atoms with van der Waals surface area (Å²) < 4.78 is 5.45. The largest absolute Gasteiger partial charge is 0.495 e. The number of carbonyl (C=O) groups is 3. The van der Waals surface area contributed by atoms with Crippen LogP contribution >= 0.6 is 0 Å². The second-order valence-corrected chi connectivity index (χ2v) is 8.38. The van der Waals surface area contributed by atoms with Crippen molar-refractivity contribution in [1.29, 1.82) is 0 Å². The number of urea groups is 1. The van der Waals surface area contributed by atoms with Crippen molar-refractivity contribution in [2.45, 2.75) is 25.3 Å². The van der Waals surface area contributed by atoms with E-state index in [1.54, 1.807) is 12.0 Å². The summed E-state index contributed by atoms with van der Waals surface area (Å²) in [4.78, 5) is 44.2. The first kappa shape index (κ1) is 22.6. The Balaban J connectivity index is 1.43. The number of nitrogens with one attached hydrogen (secondary N) is 1. The van der Waals surface area contributed by atoms with Crippen molar-refractivity contribution in [2.24, 2.45) is 0 Å². The van der Waals surface area contributed by atoms with Gasteiger partial charge < -0.3 is 19.9 Å². The van der Waals surface area contributed by atoms with Gasteiger partial charge in [-0.1, -0.05) is 55.8 Å². The van der Waals surface area contributed by atoms with E-state index in [0.717, 1.165) is 21.9 Å². The molecule has 2 aliphatic rings. The third kappa shape index (κ3) is 4.25. The molecule has 33 heavy (non-hydrogen) atoms. The van der Waals surface area contributed by atoms with Crippen LogP contribution in [0, 0.1) is 0 Å². The molecule has 1 atom stereocenters. The van der Waals surface area contributed by atoms with Gasteiger partial charge in [-0.25, -0.2) is 4.79 Å². The summed E-state index contributed by atoms with van der Waals surface area (Å²) in [5, 5.41) is 2.88. The number of methoxy groups -OCH3 is 1. The van der Waals surface area contributed by atoms with Crippen molar-refractivity contribution in [2.75, 3.05) is 44.7 Å². The molecule has 2 heterocycles. The van der Waals surface area contributed by atoms with Gasteiger partial charge >= 0.3 is 6.03 Å². The highest BCUT2D eigenvalue weighted by Crippen LogP contribution is 2.34. The van der Waals surface area contributed by atoms with E-state index in [1.165, 1.54) is 0 Å². The van der Waals surface area contributed by atoms with Gasteiger partial charge in [-0.2, -0.15) is 0 Å². The highest BCUT2D eigenvalue weighted by atomic mass is 16.5. The molecule has 2 aromatic carbocycles. The Kier molecular flexibility index (Phi) is 6.53. The molecule has 8 heteroatoms.